The Morgan fingerprint density at radius 3 is 2.78 bits per heavy atom. The largest absolute Gasteiger partial charge is 0.478 e. The van der Waals surface area contributed by atoms with Gasteiger partial charge >= 0.3 is 5.97 Å². The zero-order valence-corrected chi connectivity index (χ0v) is 10.5. The fourth-order valence-corrected chi connectivity index (χ4v) is 1.92. The Labute approximate surface area is 109 Å². The van der Waals surface area contributed by atoms with Gasteiger partial charge in [-0.15, -0.1) is 0 Å². The number of rotatable bonds is 4. The smallest absolute Gasteiger partial charge is 0.337 e. The lowest BCUT2D eigenvalue weighted by atomic mass is 10.2. The van der Waals surface area contributed by atoms with Crippen molar-refractivity contribution >= 4 is 23.3 Å². The molecule has 2 aromatic rings. The number of carboxylic acids is 1. The van der Waals surface area contributed by atoms with Gasteiger partial charge in [-0.25, -0.2) is 4.79 Å². The zero-order chi connectivity index (χ0) is 13.1. The molecule has 0 saturated heterocycles. The summed E-state index contributed by atoms with van der Waals surface area (Å²) < 4.78 is 5.00. The first-order chi connectivity index (χ1) is 8.58. The summed E-state index contributed by atoms with van der Waals surface area (Å²) in [6.45, 7) is 0.666. The van der Waals surface area contributed by atoms with E-state index in [0.717, 1.165) is 11.3 Å². The lowest BCUT2D eigenvalue weighted by Gasteiger charge is -2.19. The molecule has 2 rings (SSSR count). The molecule has 0 bridgehead atoms. The molecule has 0 aliphatic carbocycles. The van der Waals surface area contributed by atoms with Gasteiger partial charge in [-0.2, -0.15) is 0 Å². The Kier molecular flexibility index (Phi) is 3.58. The molecule has 0 radical (unpaired) electrons. The van der Waals surface area contributed by atoms with Crippen molar-refractivity contribution in [3.05, 3.63) is 52.9 Å². The van der Waals surface area contributed by atoms with Crippen LogP contribution in [0.2, 0.25) is 5.02 Å². The normalized spacial score (nSPS) is 10.3. The summed E-state index contributed by atoms with van der Waals surface area (Å²) >= 11 is 5.92. The molecule has 1 heterocycles. The summed E-state index contributed by atoms with van der Waals surface area (Å²) in [5, 5.41) is 9.13. The van der Waals surface area contributed by atoms with Crippen LogP contribution in [0.25, 0.3) is 0 Å². The van der Waals surface area contributed by atoms with E-state index in [1.54, 1.807) is 24.7 Å². The summed E-state index contributed by atoms with van der Waals surface area (Å²) in [7, 11) is 1.90. The van der Waals surface area contributed by atoms with E-state index in [9.17, 15) is 4.79 Å². The summed E-state index contributed by atoms with van der Waals surface area (Å²) in [4.78, 5) is 12.8. The number of halogens is 1. The molecule has 4 nitrogen and oxygen atoms in total. The standard InChI is InChI=1S/C13H12ClNO3/c1-15(7-9-4-5-18-8-9)10-2-3-11(13(16)17)12(14)6-10/h2-6,8H,7H2,1H3,(H,16,17). The Balaban J connectivity index is 2.18. The second-order valence-electron chi connectivity index (χ2n) is 3.96. The van der Waals surface area contributed by atoms with Crippen molar-refractivity contribution in [3.8, 4) is 0 Å². The molecular weight excluding hydrogens is 254 g/mol. The van der Waals surface area contributed by atoms with E-state index in [2.05, 4.69) is 0 Å². The molecule has 0 saturated carbocycles. The highest BCUT2D eigenvalue weighted by atomic mass is 35.5. The molecule has 0 atom stereocenters. The lowest BCUT2D eigenvalue weighted by molar-refractivity contribution is 0.0697. The minimum Gasteiger partial charge on any atom is -0.478 e. The fraction of sp³-hybridized carbons (Fsp3) is 0.154. The quantitative estimate of drug-likeness (QED) is 0.922. The molecule has 94 valence electrons. The molecule has 1 aromatic carbocycles. The average Bonchev–Trinajstić information content (AvgIpc) is 2.81. The molecule has 1 N–H and O–H groups in total. The highest BCUT2D eigenvalue weighted by Gasteiger charge is 2.11. The van der Waals surface area contributed by atoms with Crippen LogP contribution in [0.15, 0.2) is 41.2 Å². The monoisotopic (exact) mass is 265 g/mol. The molecular formula is C13H12ClNO3. The van der Waals surface area contributed by atoms with Crippen molar-refractivity contribution in [2.24, 2.45) is 0 Å². The van der Waals surface area contributed by atoms with Gasteiger partial charge in [0.05, 0.1) is 23.1 Å². The van der Waals surface area contributed by atoms with Crippen molar-refractivity contribution in [1.29, 1.82) is 0 Å². The third-order valence-electron chi connectivity index (χ3n) is 2.62. The van der Waals surface area contributed by atoms with Gasteiger partial charge in [-0.3, -0.25) is 0 Å². The number of furan rings is 1. The number of carbonyl (C=O) groups is 1. The van der Waals surface area contributed by atoms with Crippen molar-refractivity contribution in [1.82, 2.24) is 0 Å². The van der Waals surface area contributed by atoms with Gasteiger partial charge in [-0.05, 0) is 24.3 Å². The van der Waals surface area contributed by atoms with Gasteiger partial charge in [-0.1, -0.05) is 11.6 Å². The number of carboxylic acid groups (broad SMARTS) is 1. The van der Waals surface area contributed by atoms with Gasteiger partial charge in [0.25, 0.3) is 0 Å². The number of aromatic carboxylic acids is 1. The van der Waals surface area contributed by atoms with E-state index in [1.807, 2.05) is 18.0 Å². The number of benzene rings is 1. The highest BCUT2D eigenvalue weighted by molar-refractivity contribution is 6.33. The van der Waals surface area contributed by atoms with Crippen LogP contribution in [0.1, 0.15) is 15.9 Å². The molecule has 0 spiro atoms. The SMILES string of the molecule is CN(Cc1ccoc1)c1ccc(C(=O)O)c(Cl)c1. The summed E-state index contributed by atoms with van der Waals surface area (Å²) in [6, 6.07) is 6.76. The van der Waals surface area contributed by atoms with E-state index < -0.39 is 5.97 Å². The Bertz CT molecular complexity index is 551. The van der Waals surface area contributed by atoms with Crippen LogP contribution in [0.4, 0.5) is 5.69 Å². The van der Waals surface area contributed by atoms with Crippen LogP contribution in [-0.2, 0) is 6.54 Å². The van der Waals surface area contributed by atoms with Crippen molar-refractivity contribution < 1.29 is 14.3 Å². The van der Waals surface area contributed by atoms with E-state index >= 15 is 0 Å². The van der Waals surface area contributed by atoms with Crippen molar-refractivity contribution in [3.63, 3.8) is 0 Å². The second-order valence-corrected chi connectivity index (χ2v) is 4.36. The minimum atomic E-state index is -1.02. The van der Waals surface area contributed by atoms with Crippen LogP contribution >= 0.6 is 11.6 Å². The number of hydrogen-bond donors (Lipinski definition) is 1. The zero-order valence-electron chi connectivity index (χ0n) is 9.76. The summed E-state index contributed by atoms with van der Waals surface area (Å²) in [5.41, 5.74) is 2.00. The Morgan fingerprint density at radius 2 is 2.22 bits per heavy atom. The molecule has 0 unspecified atom stereocenters. The minimum absolute atomic E-state index is 0.108. The van der Waals surface area contributed by atoms with Crippen molar-refractivity contribution in [2.45, 2.75) is 6.54 Å². The maximum atomic E-state index is 10.8. The van der Waals surface area contributed by atoms with Gasteiger partial charge in [0, 0.05) is 24.8 Å². The Hall–Kier alpha value is -1.94. The summed E-state index contributed by atoms with van der Waals surface area (Å²) in [5.74, 6) is -1.02. The first-order valence-corrected chi connectivity index (χ1v) is 5.71. The van der Waals surface area contributed by atoms with Crippen LogP contribution in [0.3, 0.4) is 0 Å². The van der Waals surface area contributed by atoms with Gasteiger partial charge in [0.2, 0.25) is 0 Å². The van der Waals surface area contributed by atoms with E-state index in [4.69, 9.17) is 21.1 Å². The van der Waals surface area contributed by atoms with Gasteiger partial charge in [0.15, 0.2) is 0 Å². The third kappa shape index (κ3) is 2.65. The predicted octanol–water partition coefficient (Wildman–Crippen LogP) is 3.27. The molecule has 18 heavy (non-hydrogen) atoms. The average molecular weight is 266 g/mol. The summed E-state index contributed by atoms with van der Waals surface area (Å²) in [6.07, 6.45) is 3.29. The molecule has 1 aromatic heterocycles. The molecule has 5 heteroatoms. The van der Waals surface area contributed by atoms with E-state index in [0.29, 0.717) is 6.54 Å². The first-order valence-electron chi connectivity index (χ1n) is 5.33. The molecule has 0 amide bonds. The third-order valence-corrected chi connectivity index (χ3v) is 2.94. The van der Waals surface area contributed by atoms with E-state index in [1.165, 1.54) is 6.07 Å². The second kappa shape index (κ2) is 5.14. The fourth-order valence-electron chi connectivity index (χ4n) is 1.66. The highest BCUT2D eigenvalue weighted by Crippen LogP contribution is 2.24. The van der Waals surface area contributed by atoms with Crippen LogP contribution in [-0.4, -0.2) is 18.1 Å². The maximum Gasteiger partial charge on any atom is 0.337 e. The van der Waals surface area contributed by atoms with Crippen LogP contribution in [0.5, 0.6) is 0 Å². The van der Waals surface area contributed by atoms with E-state index in [-0.39, 0.29) is 10.6 Å². The van der Waals surface area contributed by atoms with Crippen molar-refractivity contribution in [2.75, 3.05) is 11.9 Å². The molecule has 0 aliphatic rings. The lowest BCUT2D eigenvalue weighted by Crippen LogP contribution is -2.16. The van der Waals surface area contributed by atoms with Crippen LogP contribution in [0, 0.1) is 0 Å². The number of nitrogens with zero attached hydrogens (tertiary/aromatic N) is 1. The predicted molar refractivity (Wildman–Crippen MR) is 69.2 cm³/mol. The number of anilines is 1. The Morgan fingerprint density at radius 1 is 1.44 bits per heavy atom. The first kappa shape index (κ1) is 12.5. The van der Waals surface area contributed by atoms with Gasteiger partial charge < -0.3 is 14.4 Å². The topological polar surface area (TPSA) is 53.7 Å². The number of hydrogen-bond acceptors (Lipinski definition) is 3. The maximum absolute atomic E-state index is 10.8. The van der Waals surface area contributed by atoms with Crippen LogP contribution < -0.4 is 4.90 Å². The van der Waals surface area contributed by atoms with Gasteiger partial charge in [0.1, 0.15) is 0 Å². The molecule has 0 fully saturated rings. The molecule has 0 aliphatic heterocycles.